The van der Waals surface area contributed by atoms with Crippen LogP contribution < -0.4 is 4.74 Å². The van der Waals surface area contributed by atoms with Crippen molar-refractivity contribution in [2.45, 2.75) is 45.2 Å². The van der Waals surface area contributed by atoms with E-state index < -0.39 is 0 Å². The van der Waals surface area contributed by atoms with Gasteiger partial charge in [0.1, 0.15) is 5.75 Å². The molecular formula is C34H39ClN4O2. The fraction of sp³-hybridized carbons (Fsp3) is 0.353. The van der Waals surface area contributed by atoms with Gasteiger partial charge in [-0.25, -0.2) is 0 Å². The van der Waals surface area contributed by atoms with Crippen molar-refractivity contribution in [1.29, 1.82) is 0 Å². The van der Waals surface area contributed by atoms with Crippen molar-refractivity contribution in [2.24, 2.45) is 0 Å². The summed E-state index contributed by atoms with van der Waals surface area (Å²) in [6.45, 7) is 8.61. The van der Waals surface area contributed by atoms with E-state index >= 15 is 0 Å². The van der Waals surface area contributed by atoms with Gasteiger partial charge in [0.05, 0.1) is 12.2 Å². The molecule has 1 saturated heterocycles. The lowest BCUT2D eigenvalue weighted by molar-refractivity contribution is -0.132. The molecule has 7 heteroatoms. The third kappa shape index (κ3) is 6.83. The van der Waals surface area contributed by atoms with Gasteiger partial charge in [-0.1, -0.05) is 78.3 Å². The maximum Gasteiger partial charge on any atom is 0.260 e. The second-order valence-corrected chi connectivity index (χ2v) is 11.1. The maximum atomic E-state index is 12.5. The number of carbonyl (C=O) groups excluding carboxylic acids is 1. The molecule has 0 N–H and O–H groups in total. The molecule has 2 heterocycles. The molecule has 214 valence electrons. The van der Waals surface area contributed by atoms with Crippen LogP contribution in [0.4, 0.5) is 0 Å². The molecule has 41 heavy (non-hydrogen) atoms. The normalized spacial score (nSPS) is 15.0. The number of hydrogen-bond acceptors (Lipinski definition) is 4. The SMILES string of the molecule is CCN(CC)C(=O)COc1cc(Cl)ccc1Cn1ccc(CN2CCC(c3ccccc3)(c3ccccc3)CC2)n1. The Morgan fingerprint density at radius 1 is 0.902 bits per heavy atom. The van der Waals surface area contributed by atoms with E-state index in [1.54, 1.807) is 11.0 Å². The van der Waals surface area contributed by atoms with Crippen LogP contribution in [-0.4, -0.2) is 58.3 Å². The molecule has 6 nitrogen and oxygen atoms in total. The van der Waals surface area contributed by atoms with Crippen LogP contribution in [0.3, 0.4) is 0 Å². The quantitative estimate of drug-likeness (QED) is 0.209. The van der Waals surface area contributed by atoms with E-state index in [2.05, 4.69) is 71.6 Å². The Morgan fingerprint density at radius 2 is 1.54 bits per heavy atom. The average molecular weight is 571 g/mol. The summed E-state index contributed by atoms with van der Waals surface area (Å²) in [6, 6.07) is 29.6. The second kappa shape index (κ2) is 13.4. The molecule has 1 aliphatic heterocycles. The number of likely N-dealkylation sites (tertiary alicyclic amines) is 1. The zero-order valence-corrected chi connectivity index (χ0v) is 24.8. The number of aromatic nitrogens is 2. The molecule has 3 aromatic carbocycles. The van der Waals surface area contributed by atoms with Gasteiger partial charge >= 0.3 is 0 Å². The zero-order chi connectivity index (χ0) is 28.7. The number of halogens is 1. The first kappa shape index (κ1) is 28.9. The number of amides is 1. The van der Waals surface area contributed by atoms with Gasteiger partial charge in [-0.2, -0.15) is 5.10 Å². The topological polar surface area (TPSA) is 50.6 Å². The van der Waals surface area contributed by atoms with Gasteiger partial charge in [-0.05, 0) is 69.1 Å². The van der Waals surface area contributed by atoms with Crippen LogP contribution in [-0.2, 0) is 23.3 Å². The number of rotatable bonds is 11. The van der Waals surface area contributed by atoms with Crippen LogP contribution in [0, 0.1) is 0 Å². The summed E-state index contributed by atoms with van der Waals surface area (Å²) in [5.41, 5.74) is 4.82. The minimum atomic E-state index is -0.0348. The second-order valence-electron chi connectivity index (χ2n) is 10.7. The number of benzene rings is 3. The Kier molecular flexibility index (Phi) is 9.42. The highest BCUT2D eigenvalue weighted by molar-refractivity contribution is 6.30. The molecule has 0 saturated carbocycles. The molecule has 1 amide bonds. The molecule has 0 radical (unpaired) electrons. The standard InChI is InChI=1S/C34H39ClN4O2/c1-3-38(4-2)33(40)26-41-32-23-30(35)16-15-27(32)24-39-20-17-31(36-39)25-37-21-18-34(19-22-37,28-11-7-5-8-12-28)29-13-9-6-10-14-29/h5-17,20,23H,3-4,18-19,21-22,24-26H2,1-2H3. The van der Waals surface area contributed by atoms with Gasteiger partial charge in [0.15, 0.2) is 6.61 Å². The van der Waals surface area contributed by atoms with E-state index in [0.29, 0.717) is 30.4 Å². The minimum absolute atomic E-state index is 0.0121. The van der Waals surface area contributed by atoms with E-state index in [1.807, 2.05) is 36.9 Å². The lowest BCUT2D eigenvalue weighted by Crippen LogP contribution is -2.43. The Bertz CT molecular complexity index is 1370. The summed E-state index contributed by atoms with van der Waals surface area (Å²) in [6.07, 6.45) is 4.15. The van der Waals surface area contributed by atoms with E-state index in [4.69, 9.17) is 21.4 Å². The van der Waals surface area contributed by atoms with E-state index in [-0.39, 0.29) is 17.9 Å². The third-order valence-corrected chi connectivity index (χ3v) is 8.51. The van der Waals surface area contributed by atoms with Crippen LogP contribution >= 0.6 is 11.6 Å². The van der Waals surface area contributed by atoms with Gasteiger partial charge in [-0.15, -0.1) is 0 Å². The van der Waals surface area contributed by atoms with Crippen molar-refractivity contribution < 1.29 is 9.53 Å². The number of hydrogen-bond donors (Lipinski definition) is 0. The maximum absolute atomic E-state index is 12.5. The number of piperidine rings is 1. The molecule has 1 fully saturated rings. The fourth-order valence-corrected chi connectivity index (χ4v) is 6.09. The molecule has 1 aliphatic rings. The van der Waals surface area contributed by atoms with Crippen molar-refractivity contribution in [3.63, 3.8) is 0 Å². The molecule has 0 aliphatic carbocycles. The summed E-state index contributed by atoms with van der Waals surface area (Å²) < 4.78 is 7.86. The van der Waals surface area contributed by atoms with Crippen molar-refractivity contribution in [3.8, 4) is 5.75 Å². The molecule has 4 aromatic rings. The van der Waals surface area contributed by atoms with Crippen molar-refractivity contribution >= 4 is 17.5 Å². The van der Waals surface area contributed by atoms with Gasteiger partial charge in [0.25, 0.3) is 5.91 Å². The summed E-state index contributed by atoms with van der Waals surface area (Å²) >= 11 is 6.26. The van der Waals surface area contributed by atoms with Crippen molar-refractivity contribution in [3.05, 3.63) is 119 Å². The van der Waals surface area contributed by atoms with Crippen LogP contribution in [0.15, 0.2) is 91.1 Å². The molecule has 1 aromatic heterocycles. The number of likely N-dealkylation sites (N-methyl/N-ethyl adjacent to an activating group) is 1. The minimum Gasteiger partial charge on any atom is -0.483 e. The fourth-order valence-electron chi connectivity index (χ4n) is 5.93. The number of ether oxygens (including phenoxy) is 1. The first-order chi connectivity index (χ1) is 20.0. The van der Waals surface area contributed by atoms with Crippen LogP contribution in [0.2, 0.25) is 5.02 Å². The van der Waals surface area contributed by atoms with Crippen LogP contribution in [0.5, 0.6) is 5.75 Å². The highest BCUT2D eigenvalue weighted by atomic mass is 35.5. The van der Waals surface area contributed by atoms with E-state index in [9.17, 15) is 4.79 Å². The first-order valence-electron chi connectivity index (χ1n) is 14.6. The van der Waals surface area contributed by atoms with Crippen molar-refractivity contribution in [1.82, 2.24) is 19.6 Å². The predicted octanol–water partition coefficient (Wildman–Crippen LogP) is 6.41. The average Bonchev–Trinajstić information content (AvgIpc) is 3.45. The number of carbonyl (C=O) groups is 1. The lowest BCUT2D eigenvalue weighted by Gasteiger charge is -2.42. The first-order valence-corrected chi connectivity index (χ1v) is 14.9. The smallest absolute Gasteiger partial charge is 0.260 e. The van der Waals surface area contributed by atoms with E-state index in [0.717, 1.165) is 43.7 Å². The molecule has 0 spiro atoms. The zero-order valence-electron chi connectivity index (χ0n) is 24.0. The van der Waals surface area contributed by atoms with E-state index in [1.165, 1.54) is 11.1 Å². The Morgan fingerprint density at radius 3 is 2.15 bits per heavy atom. The van der Waals surface area contributed by atoms with Gasteiger partial charge < -0.3 is 9.64 Å². The van der Waals surface area contributed by atoms with Gasteiger partial charge in [-0.3, -0.25) is 14.4 Å². The molecule has 0 unspecified atom stereocenters. The lowest BCUT2D eigenvalue weighted by atomic mass is 9.68. The predicted molar refractivity (Wildman–Crippen MR) is 164 cm³/mol. The Balaban J connectivity index is 1.23. The monoisotopic (exact) mass is 570 g/mol. The van der Waals surface area contributed by atoms with Gasteiger partial charge in [0.2, 0.25) is 0 Å². The van der Waals surface area contributed by atoms with Crippen LogP contribution in [0.1, 0.15) is 49.1 Å². The number of nitrogens with zero attached hydrogens (tertiary/aromatic N) is 4. The van der Waals surface area contributed by atoms with Crippen LogP contribution in [0.25, 0.3) is 0 Å². The summed E-state index contributed by atoms with van der Waals surface area (Å²) in [5.74, 6) is 0.580. The van der Waals surface area contributed by atoms with Crippen molar-refractivity contribution in [2.75, 3.05) is 32.8 Å². The third-order valence-electron chi connectivity index (χ3n) is 8.27. The van der Waals surface area contributed by atoms with Gasteiger partial charge in [0, 0.05) is 41.8 Å². The molecular weight excluding hydrogens is 532 g/mol. The summed E-state index contributed by atoms with van der Waals surface area (Å²) in [4.78, 5) is 16.7. The summed E-state index contributed by atoms with van der Waals surface area (Å²) in [7, 11) is 0. The molecule has 0 bridgehead atoms. The molecule has 0 atom stereocenters. The highest BCUT2D eigenvalue weighted by Gasteiger charge is 2.37. The highest BCUT2D eigenvalue weighted by Crippen LogP contribution is 2.41. The Hall–Kier alpha value is -3.61. The Labute approximate surface area is 248 Å². The largest absolute Gasteiger partial charge is 0.483 e. The molecule has 5 rings (SSSR count). The summed E-state index contributed by atoms with van der Waals surface area (Å²) in [5, 5.41) is 5.45.